The Morgan fingerprint density at radius 1 is 1.47 bits per heavy atom. The summed E-state index contributed by atoms with van der Waals surface area (Å²) in [6, 6.07) is 2.26. The Balaban J connectivity index is 3.22. The Bertz CT molecular complexity index is 429. The van der Waals surface area contributed by atoms with Crippen LogP contribution in [-0.4, -0.2) is 11.0 Å². The summed E-state index contributed by atoms with van der Waals surface area (Å²) in [5.41, 5.74) is -1.59. The van der Waals surface area contributed by atoms with Crippen LogP contribution in [0, 0.1) is 5.21 Å². The number of carbonyl (C=O) groups excluding carboxylic acids is 1. The fraction of sp³-hybridized carbons (Fsp3) is 0.300. The summed E-state index contributed by atoms with van der Waals surface area (Å²) in [5.74, 6) is -0.326. The molecular formula is C10H9F3NO3-. The molecule has 0 aliphatic rings. The van der Waals surface area contributed by atoms with Crippen molar-refractivity contribution in [1.82, 2.24) is 0 Å². The van der Waals surface area contributed by atoms with Gasteiger partial charge in [-0.2, -0.15) is 13.2 Å². The van der Waals surface area contributed by atoms with E-state index in [0.29, 0.717) is 6.07 Å². The average Bonchev–Trinajstić information content (AvgIpc) is 2.15. The molecule has 0 spiro atoms. The van der Waals surface area contributed by atoms with Crippen molar-refractivity contribution >= 4 is 11.5 Å². The van der Waals surface area contributed by atoms with Gasteiger partial charge in [-0.1, -0.05) is 6.07 Å². The van der Waals surface area contributed by atoms with E-state index in [0.717, 1.165) is 12.1 Å². The standard InChI is InChI=1S/C10H9F3NO3/c1-6(15)4-7-2-3-8(10(11,12)13)5-9(7)14(16)17/h2-3,5,16H,4H2,1H3/q-1. The van der Waals surface area contributed by atoms with Gasteiger partial charge in [0.2, 0.25) is 0 Å². The molecule has 0 fully saturated rings. The molecule has 0 radical (unpaired) electrons. The molecule has 1 aromatic rings. The van der Waals surface area contributed by atoms with Crippen LogP contribution in [0.3, 0.4) is 0 Å². The molecular weight excluding hydrogens is 239 g/mol. The van der Waals surface area contributed by atoms with E-state index in [-0.39, 0.29) is 17.8 Å². The number of carbonyl (C=O) groups is 1. The summed E-state index contributed by atoms with van der Waals surface area (Å²) < 4.78 is 37.1. The highest BCUT2D eigenvalue weighted by molar-refractivity contribution is 5.80. The molecule has 1 N–H and O–H groups in total. The molecule has 4 nitrogen and oxygen atoms in total. The molecule has 0 aromatic heterocycles. The number of benzene rings is 1. The normalized spacial score (nSPS) is 11.4. The van der Waals surface area contributed by atoms with E-state index in [1.165, 1.54) is 6.92 Å². The number of hydrogen-bond donors (Lipinski definition) is 1. The molecule has 0 amide bonds. The summed E-state index contributed by atoms with van der Waals surface area (Å²) in [6.45, 7) is 1.23. The SMILES string of the molecule is CC(=O)Cc1ccc(C(F)(F)F)cc1N([O-])O. The van der Waals surface area contributed by atoms with E-state index in [4.69, 9.17) is 5.21 Å². The Morgan fingerprint density at radius 2 is 2.06 bits per heavy atom. The van der Waals surface area contributed by atoms with Crippen molar-refractivity contribution in [2.24, 2.45) is 0 Å². The van der Waals surface area contributed by atoms with E-state index in [1.54, 1.807) is 0 Å². The van der Waals surface area contributed by atoms with Crippen LogP contribution in [0.1, 0.15) is 18.1 Å². The molecule has 1 aromatic carbocycles. The molecule has 0 atom stereocenters. The molecule has 94 valence electrons. The van der Waals surface area contributed by atoms with E-state index in [9.17, 15) is 23.2 Å². The van der Waals surface area contributed by atoms with E-state index in [1.807, 2.05) is 0 Å². The predicted molar refractivity (Wildman–Crippen MR) is 53.5 cm³/mol. The largest absolute Gasteiger partial charge is 0.733 e. The van der Waals surface area contributed by atoms with Crippen LogP contribution in [0.25, 0.3) is 0 Å². The van der Waals surface area contributed by atoms with Gasteiger partial charge < -0.3 is 10.4 Å². The van der Waals surface area contributed by atoms with E-state index >= 15 is 0 Å². The third kappa shape index (κ3) is 3.43. The molecule has 0 heterocycles. The lowest BCUT2D eigenvalue weighted by molar-refractivity contribution is -0.137. The monoisotopic (exact) mass is 248 g/mol. The summed E-state index contributed by atoms with van der Waals surface area (Å²) >= 11 is 0. The van der Waals surface area contributed by atoms with Crippen LogP contribution in [0.15, 0.2) is 18.2 Å². The van der Waals surface area contributed by atoms with Gasteiger partial charge in [-0.15, -0.1) is 0 Å². The van der Waals surface area contributed by atoms with Gasteiger partial charge in [-0.25, -0.2) is 0 Å². The maximum absolute atomic E-state index is 12.4. The number of anilines is 1. The van der Waals surface area contributed by atoms with Crippen LogP contribution in [0.2, 0.25) is 0 Å². The molecule has 0 aliphatic heterocycles. The maximum atomic E-state index is 12.4. The van der Waals surface area contributed by atoms with Gasteiger partial charge in [0.05, 0.1) is 11.3 Å². The first-order valence-electron chi connectivity index (χ1n) is 4.57. The fourth-order valence-electron chi connectivity index (χ4n) is 1.34. The van der Waals surface area contributed by atoms with Gasteiger partial charge in [0, 0.05) is 6.42 Å². The van der Waals surface area contributed by atoms with Crippen molar-refractivity contribution in [2.45, 2.75) is 19.5 Å². The Kier molecular flexibility index (Phi) is 3.74. The molecule has 0 saturated heterocycles. The van der Waals surface area contributed by atoms with Gasteiger partial charge in [0.25, 0.3) is 0 Å². The number of rotatable bonds is 3. The van der Waals surface area contributed by atoms with Gasteiger partial charge >= 0.3 is 6.18 Å². The van der Waals surface area contributed by atoms with Gasteiger partial charge in [-0.3, -0.25) is 10.0 Å². The van der Waals surface area contributed by atoms with Crippen LogP contribution >= 0.6 is 0 Å². The lowest BCUT2D eigenvalue weighted by atomic mass is 10.0. The van der Waals surface area contributed by atoms with Crippen molar-refractivity contribution in [3.8, 4) is 0 Å². The maximum Gasteiger partial charge on any atom is 0.416 e. The minimum atomic E-state index is -4.61. The van der Waals surface area contributed by atoms with Crippen molar-refractivity contribution in [3.63, 3.8) is 0 Å². The Labute approximate surface area is 94.8 Å². The molecule has 0 bridgehead atoms. The van der Waals surface area contributed by atoms with Gasteiger partial charge in [0.1, 0.15) is 5.78 Å². The number of halogens is 3. The minimum absolute atomic E-state index is 0.0444. The van der Waals surface area contributed by atoms with E-state index < -0.39 is 22.7 Å². The molecule has 0 unspecified atom stereocenters. The summed E-state index contributed by atoms with van der Waals surface area (Å²) in [7, 11) is 0. The highest BCUT2D eigenvalue weighted by Crippen LogP contribution is 2.33. The van der Waals surface area contributed by atoms with Crippen molar-refractivity contribution in [2.75, 3.05) is 5.23 Å². The van der Waals surface area contributed by atoms with E-state index in [2.05, 4.69) is 0 Å². The van der Waals surface area contributed by atoms with Crippen LogP contribution in [0.4, 0.5) is 18.9 Å². The summed E-state index contributed by atoms with van der Waals surface area (Å²) in [5, 5.41) is 18.8. The number of alkyl halides is 3. The number of Topliss-reactive ketones (excluding diaryl/α,β-unsaturated/α-hetero) is 1. The zero-order chi connectivity index (χ0) is 13.2. The van der Waals surface area contributed by atoms with Crippen molar-refractivity contribution in [1.29, 1.82) is 0 Å². The zero-order valence-corrected chi connectivity index (χ0v) is 8.78. The third-order valence-electron chi connectivity index (χ3n) is 2.06. The number of nitrogens with zero attached hydrogens (tertiary/aromatic N) is 1. The second-order valence-corrected chi connectivity index (χ2v) is 3.49. The lowest BCUT2D eigenvalue weighted by Gasteiger charge is -2.25. The number of hydrogen-bond acceptors (Lipinski definition) is 4. The topological polar surface area (TPSA) is 63.6 Å². The van der Waals surface area contributed by atoms with Crippen LogP contribution < -0.4 is 5.23 Å². The van der Waals surface area contributed by atoms with Crippen molar-refractivity contribution < 1.29 is 23.2 Å². The van der Waals surface area contributed by atoms with Crippen LogP contribution in [0.5, 0.6) is 0 Å². The highest BCUT2D eigenvalue weighted by atomic mass is 19.4. The third-order valence-corrected chi connectivity index (χ3v) is 2.06. The van der Waals surface area contributed by atoms with Crippen LogP contribution in [-0.2, 0) is 17.4 Å². The van der Waals surface area contributed by atoms with Gasteiger partial charge in [0.15, 0.2) is 0 Å². The second-order valence-electron chi connectivity index (χ2n) is 3.49. The Hall–Kier alpha value is -1.60. The van der Waals surface area contributed by atoms with Crippen molar-refractivity contribution in [3.05, 3.63) is 34.5 Å². The number of ketones is 1. The zero-order valence-electron chi connectivity index (χ0n) is 8.78. The fourth-order valence-corrected chi connectivity index (χ4v) is 1.34. The molecule has 0 aliphatic carbocycles. The lowest BCUT2D eigenvalue weighted by Crippen LogP contribution is -2.14. The first-order valence-corrected chi connectivity index (χ1v) is 4.57. The predicted octanol–water partition coefficient (Wildman–Crippen LogP) is 2.53. The average molecular weight is 248 g/mol. The van der Waals surface area contributed by atoms with Gasteiger partial charge in [-0.05, 0) is 24.6 Å². The minimum Gasteiger partial charge on any atom is -0.733 e. The summed E-state index contributed by atoms with van der Waals surface area (Å²) in [4.78, 5) is 10.8. The molecule has 1 rings (SSSR count). The highest BCUT2D eigenvalue weighted by Gasteiger charge is 2.31. The first-order chi connectivity index (χ1) is 7.71. The summed E-state index contributed by atoms with van der Waals surface area (Å²) in [6.07, 6.45) is -4.83. The smallest absolute Gasteiger partial charge is 0.416 e. The quantitative estimate of drug-likeness (QED) is 0.835. The molecule has 7 heteroatoms. The second kappa shape index (κ2) is 4.72. The Morgan fingerprint density at radius 3 is 2.47 bits per heavy atom. The first kappa shape index (κ1) is 13.5. The molecule has 0 saturated carbocycles. The molecule has 17 heavy (non-hydrogen) atoms.